The zero-order chi connectivity index (χ0) is 19.5. The molecule has 0 aliphatic heterocycles. The van der Waals surface area contributed by atoms with E-state index in [0.29, 0.717) is 11.3 Å². The van der Waals surface area contributed by atoms with Gasteiger partial charge in [-0.3, -0.25) is 9.79 Å². The highest BCUT2D eigenvalue weighted by atomic mass is 16.2. The minimum absolute atomic E-state index is 0.0356. The molecule has 1 amide bonds. The number of allylic oxidation sites excluding steroid dienone is 10. The largest absolute Gasteiger partial charge is 0.326 e. The van der Waals surface area contributed by atoms with Crippen molar-refractivity contribution in [2.75, 3.05) is 0 Å². The molecule has 0 aromatic rings. The number of amides is 1. The molecule has 0 radical (unpaired) electrons. The van der Waals surface area contributed by atoms with Crippen LogP contribution in [0, 0.1) is 11.8 Å². The number of hydrogen-bond donors (Lipinski definition) is 1. The standard InChI is InChI=1S/C23H26N2O/c1-7-11-12-18(6)21-15-22(21)23(26)25-20(9-3)14-13-19(16-24-10-4)17(5)8-2/h7-14,16,21-22H,1-6,15H2,(H,25,26)/b12-11-,19-13-,20-14+,24-16-. The second-order valence-electron chi connectivity index (χ2n) is 5.75. The van der Waals surface area contributed by atoms with Crippen LogP contribution in [0.15, 0.2) is 116 Å². The topological polar surface area (TPSA) is 41.5 Å². The van der Waals surface area contributed by atoms with Crippen LogP contribution >= 0.6 is 0 Å². The highest BCUT2D eigenvalue weighted by Crippen LogP contribution is 2.44. The fraction of sp³-hybridized carbons (Fsp3) is 0.130. The van der Waals surface area contributed by atoms with Gasteiger partial charge >= 0.3 is 0 Å². The average molecular weight is 346 g/mol. The van der Waals surface area contributed by atoms with Gasteiger partial charge in [-0.2, -0.15) is 0 Å². The summed E-state index contributed by atoms with van der Waals surface area (Å²) in [7, 11) is 0. The Morgan fingerprint density at radius 1 is 1.04 bits per heavy atom. The number of rotatable bonds is 11. The van der Waals surface area contributed by atoms with Gasteiger partial charge in [-0.1, -0.05) is 75.4 Å². The molecule has 3 heteroatoms. The van der Waals surface area contributed by atoms with Gasteiger partial charge in [0.25, 0.3) is 0 Å². The van der Waals surface area contributed by atoms with Gasteiger partial charge < -0.3 is 5.32 Å². The van der Waals surface area contributed by atoms with Crippen molar-refractivity contribution in [2.24, 2.45) is 16.8 Å². The first-order chi connectivity index (χ1) is 12.5. The summed E-state index contributed by atoms with van der Waals surface area (Å²) < 4.78 is 0. The van der Waals surface area contributed by atoms with Crippen molar-refractivity contribution in [2.45, 2.75) is 6.42 Å². The summed E-state index contributed by atoms with van der Waals surface area (Å²) in [5.41, 5.74) is 3.03. The highest BCUT2D eigenvalue weighted by molar-refractivity contribution is 5.87. The van der Waals surface area contributed by atoms with E-state index in [9.17, 15) is 4.79 Å². The van der Waals surface area contributed by atoms with Crippen LogP contribution in [0.3, 0.4) is 0 Å². The highest BCUT2D eigenvalue weighted by Gasteiger charge is 2.43. The SMILES string of the molecule is C=C/C=C\C(=C)C1CC1C(=O)N/C(C=C)=C/C=C(/C=N\C=C)C(=C)C=C. The molecule has 1 rings (SSSR count). The van der Waals surface area contributed by atoms with Crippen LogP contribution in [0.5, 0.6) is 0 Å². The first-order valence-corrected chi connectivity index (χ1v) is 8.27. The van der Waals surface area contributed by atoms with Gasteiger partial charge in [0.2, 0.25) is 5.91 Å². The van der Waals surface area contributed by atoms with Crippen LogP contribution in [0.25, 0.3) is 0 Å². The molecular formula is C23H26N2O. The first kappa shape index (κ1) is 20.8. The van der Waals surface area contributed by atoms with Crippen molar-refractivity contribution in [3.63, 3.8) is 0 Å². The van der Waals surface area contributed by atoms with E-state index in [0.717, 1.165) is 17.6 Å². The van der Waals surface area contributed by atoms with Crippen LogP contribution in [0.4, 0.5) is 0 Å². The third kappa shape index (κ3) is 6.36. The fourth-order valence-corrected chi connectivity index (χ4v) is 2.27. The predicted octanol–water partition coefficient (Wildman–Crippen LogP) is 4.99. The number of nitrogens with zero attached hydrogens (tertiary/aromatic N) is 1. The van der Waals surface area contributed by atoms with Crippen molar-refractivity contribution >= 4 is 12.1 Å². The average Bonchev–Trinajstić information content (AvgIpc) is 3.45. The molecular weight excluding hydrogens is 320 g/mol. The van der Waals surface area contributed by atoms with E-state index in [4.69, 9.17) is 0 Å². The summed E-state index contributed by atoms with van der Waals surface area (Å²) in [6, 6.07) is 0. The van der Waals surface area contributed by atoms with Gasteiger partial charge in [-0.15, -0.1) is 0 Å². The third-order valence-electron chi connectivity index (χ3n) is 3.92. The molecule has 0 aromatic carbocycles. The Hall–Kier alpha value is -3.20. The van der Waals surface area contributed by atoms with Crippen LogP contribution < -0.4 is 5.32 Å². The quantitative estimate of drug-likeness (QED) is 0.415. The lowest BCUT2D eigenvalue weighted by Crippen LogP contribution is -2.24. The van der Waals surface area contributed by atoms with Gasteiger partial charge in [0, 0.05) is 24.0 Å². The Labute approximate surface area is 156 Å². The summed E-state index contributed by atoms with van der Waals surface area (Å²) in [6.45, 7) is 22.5. The minimum atomic E-state index is -0.0609. The fourth-order valence-electron chi connectivity index (χ4n) is 2.27. The minimum Gasteiger partial charge on any atom is -0.326 e. The van der Waals surface area contributed by atoms with Crippen LogP contribution in [0.1, 0.15) is 6.42 Å². The van der Waals surface area contributed by atoms with Crippen molar-refractivity contribution in [3.8, 4) is 0 Å². The predicted molar refractivity (Wildman–Crippen MR) is 113 cm³/mol. The number of aliphatic imine (C=N–C) groups is 1. The van der Waals surface area contributed by atoms with Crippen molar-refractivity contribution in [3.05, 3.63) is 111 Å². The van der Waals surface area contributed by atoms with E-state index in [2.05, 4.69) is 49.8 Å². The van der Waals surface area contributed by atoms with E-state index < -0.39 is 0 Å². The molecule has 0 bridgehead atoms. The number of carbonyl (C=O) groups excluding carboxylic acids is 1. The summed E-state index contributed by atoms with van der Waals surface area (Å²) in [4.78, 5) is 16.4. The van der Waals surface area contributed by atoms with E-state index in [-0.39, 0.29) is 17.7 Å². The number of hydrogen-bond acceptors (Lipinski definition) is 2. The lowest BCUT2D eigenvalue weighted by molar-refractivity contribution is -0.121. The maximum Gasteiger partial charge on any atom is 0.228 e. The summed E-state index contributed by atoms with van der Waals surface area (Å²) in [6.07, 6.45) is 16.1. The van der Waals surface area contributed by atoms with E-state index in [1.54, 1.807) is 36.6 Å². The molecule has 1 aliphatic rings. The third-order valence-corrected chi connectivity index (χ3v) is 3.92. The first-order valence-electron chi connectivity index (χ1n) is 8.27. The van der Waals surface area contributed by atoms with Crippen molar-refractivity contribution in [1.29, 1.82) is 0 Å². The Morgan fingerprint density at radius 2 is 1.77 bits per heavy atom. The molecule has 1 N–H and O–H groups in total. The molecule has 0 spiro atoms. The molecule has 2 atom stereocenters. The van der Waals surface area contributed by atoms with E-state index >= 15 is 0 Å². The monoisotopic (exact) mass is 346 g/mol. The zero-order valence-electron chi connectivity index (χ0n) is 15.2. The molecule has 134 valence electrons. The lowest BCUT2D eigenvalue weighted by atomic mass is 10.1. The van der Waals surface area contributed by atoms with E-state index in [1.807, 2.05) is 12.2 Å². The molecule has 0 heterocycles. The van der Waals surface area contributed by atoms with Gasteiger partial charge in [0.1, 0.15) is 0 Å². The molecule has 1 aliphatic carbocycles. The number of carbonyl (C=O) groups is 1. The van der Waals surface area contributed by atoms with Crippen molar-refractivity contribution in [1.82, 2.24) is 5.32 Å². The molecule has 1 saturated carbocycles. The van der Waals surface area contributed by atoms with Crippen LogP contribution in [-0.2, 0) is 4.79 Å². The van der Waals surface area contributed by atoms with Gasteiger partial charge in [0.15, 0.2) is 0 Å². The van der Waals surface area contributed by atoms with Gasteiger partial charge in [-0.25, -0.2) is 0 Å². The Balaban J connectivity index is 2.81. The van der Waals surface area contributed by atoms with Gasteiger partial charge in [0.05, 0.1) is 0 Å². The normalized spacial score (nSPS) is 19.8. The second-order valence-corrected chi connectivity index (χ2v) is 5.75. The Bertz CT molecular complexity index is 744. The maximum atomic E-state index is 12.4. The molecule has 2 unspecified atom stereocenters. The summed E-state index contributed by atoms with van der Waals surface area (Å²) in [5, 5.41) is 2.89. The molecule has 1 fully saturated rings. The summed E-state index contributed by atoms with van der Waals surface area (Å²) in [5.74, 6) is 0.0874. The molecule has 26 heavy (non-hydrogen) atoms. The maximum absolute atomic E-state index is 12.4. The smallest absolute Gasteiger partial charge is 0.228 e. The molecule has 0 saturated heterocycles. The zero-order valence-corrected chi connectivity index (χ0v) is 15.2. The second kappa shape index (κ2) is 10.6. The van der Waals surface area contributed by atoms with Crippen LogP contribution in [-0.4, -0.2) is 12.1 Å². The lowest BCUT2D eigenvalue weighted by Gasteiger charge is -2.06. The van der Waals surface area contributed by atoms with Gasteiger partial charge in [-0.05, 0) is 35.6 Å². The molecule has 3 nitrogen and oxygen atoms in total. The van der Waals surface area contributed by atoms with Crippen LogP contribution in [0.2, 0.25) is 0 Å². The van der Waals surface area contributed by atoms with Crippen molar-refractivity contribution < 1.29 is 4.79 Å². The van der Waals surface area contributed by atoms with E-state index in [1.165, 1.54) is 6.20 Å². The Morgan fingerprint density at radius 3 is 2.35 bits per heavy atom. The Kier molecular flexibility index (Phi) is 8.51. The molecule has 0 aromatic heterocycles. The number of nitrogens with one attached hydrogen (secondary N) is 1. The summed E-state index contributed by atoms with van der Waals surface area (Å²) >= 11 is 0.